The number of aromatic amines is 1. The number of nitrogens with zero attached hydrogens (tertiary/aromatic N) is 3. The van der Waals surface area contributed by atoms with Gasteiger partial charge in [-0.05, 0) is 30.7 Å². The Bertz CT molecular complexity index is 930. The number of rotatable bonds is 5. The molecule has 0 aliphatic heterocycles. The van der Waals surface area contributed by atoms with Gasteiger partial charge in [-0.15, -0.1) is 5.10 Å². The minimum Gasteiger partial charge on any atom is -0.306 e. The average molecular weight is 390 g/mol. The Balaban J connectivity index is 1.93. The second kappa shape index (κ2) is 6.96. The fourth-order valence-corrected chi connectivity index (χ4v) is 2.52. The zero-order valence-electron chi connectivity index (χ0n) is 13.0. The molecular formula is C16H16BrN5O2. The molecule has 3 aromatic rings. The van der Waals surface area contributed by atoms with Crippen molar-refractivity contribution in [2.24, 2.45) is 0 Å². The Morgan fingerprint density at radius 2 is 2.08 bits per heavy atom. The molecule has 0 atom stereocenters. The van der Waals surface area contributed by atoms with Crippen LogP contribution in [0, 0.1) is 0 Å². The molecule has 1 aromatic carbocycles. The first-order valence-corrected chi connectivity index (χ1v) is 8.42. The van der Waals surface area contributed by atoms with Crippen molar-refractivity contribution in [1.82, 2.24) is 19.6 Å². The van der Waals surface area contributed by atoms with Gasteiger partial charge in [0.1, 0.15) is 5.82 Å². The van der Waals surface area contributed by atoms with Gasteiger partial charge in [-0.3, -0.25) is 14.6 Å². The standard InChI is InChI=1S/C16H16BrN5O2/c1-2-3-4-12-18-16-20-14(23)9-13(22(16)21-12)19-15(24)10-5-7-11(17)8-6-10/h5-9H,2-4H2,1H3,(H,19,24)(H,18,20,21,23). The summed E-state index contributed by atoms with van der Waals surface area (Å²) >= 11 is 3.33. The molecule has 0 aliphatic carbocycles. The summed E-state index contributed by atoms with van der Waals surface area (Å²) in [5, 5.41) is 7.08. The smallest absolute Gasteiger partial charge is 0.256 e. The number of halogens is 1. The van der Waals surface area contributed by atoms with Crippen molar-refractivity contribution < 1.29 is 4.79 Å². The van der Waals surface area contributed by atoms with Crippen LogP contribution in [0.3, 0.4) is 0 Å². The van der Waals surface area contributed by atoms with Crippen LogP contribution in [0.4, 0.5) is 5.82 Å². The Morgan fingerprint density at radius 1 is 1.33 bits per heavy atom. The number of benzene rings is 1. The molecule has 24 heavy (non-hydrogen) atoms. The van der Waals surface area contributed by atoms with Gasteiger partial charge in [-0.1, -0.05) is 29.3 Å². The molecule has 0 saturated heterocycles. The lowest BCUT2D eigenvalue weighted by Crippen LogP contribution is -2.18. The van der Waals surface area contributed by atoms with E-state index >= 15 is 0 Å². The van der Waals surface area contributed by atoms with E-state index in [2.05, 4.69) is 43.2 Å². The number of carbonyl (C=O) groups is 1. The molecule has 0 unspecified atom stereocenters. The number of fused-ring (bicyclic) bond motifs is 1. The number of aromatic nitrogens is 4. The number of aryl methyl sites for hydroxylation is 1. The Hall–Kier alpha value is -2.48. The van der Waals surface area contributed by atoms with Crippen molar-refractivity contribution in [1.29, 1.82) is 0 Å². The topological polar surface area (TPSA) is 92.1 Å². The maximum absolute atomic E-state index is 12.4. The third-order valence-electron chi connectivity index (χ3n) is 3.48. The summed E-state index contributed by atoms with van der Waals surface area (Å²) in [4.78, 5) is 31.1. The molecule has 0 bridgehead atoms. The van der Waals surface area contributed by atoms with E-state index in [0.29, 0.717) is 17.2 Å². The number of anilines is 1. The number of hydrogen-bond acceptors (Lipinski definition) is 4. The van der Waals surface area contributed by atoms with E-state index in [-0.39, 0.29) is 17.3 Å². The van der Waals surface area contributed by atoms with E-state index in [0.717, 1.165) is 23.7 Å². The van der Waals surface area contributed by atoms with Crippen LogP contribution in [-0.4, -0.2) is 25.5 Å². The third-order valence-corrected chi connectivity index (χ3v) is 4.01. The second-order valence-electron chi connectivity index (χ2n) is 5.35. The number of H-pyrrole nitrogens is 1. The average Bonchev–Trinajstić information content (AvgIpc) is 2.96. The Labute approximate surface area is 146 Å². The monoisotopic (exact) mass is 389 g/mol. The van der Waals surface area contributed by atoms with Crippen molar-refractivity contribution in [3.05, 3.63) is 56.5 Å². The van der Waals surface area contributed by atoms with Crippen LogP contribution in [0.1, 0.15) is 35.9 Å². The van der Waals surface area contributed by atoms with Crippen molar-refractivity contribution in [3.8, 4) is 0 Å². The quantitative estimate of drug-likeness (QED) is 0.701. The summed E-state index contributed by atoms with van der Waals surface area (Å²) in [5.41, 5.74) is 0.140. The molecule has 124 valence electrons. The number of nitrogens with one attached hydrogen (secondary N) is 2. The van der Waals surface area contributed by atoms with Gasteiger partial charge in [0.15, 0.2) is 5.82 Å². The third kappa shape index (κ3) is 3.53. The first-order chi connectivity index (χ1) is 11.6. The first-order valence-electron chi connectivity index (χ1n) is 7.62. The number of carbonyl (C=O) groups excluding carboxylic acids is 1. The summed E-state index contributed by atoms with van der Waals surface area (Å²) in [6, 6.07) is 8.24. The highest BCUT2D eigenvalue weighted by molar-refractivity contribution is 9.10. The number of amides is 1. The summed E-state index contributed by atoms with van der Waals surface area (Å²) in [6.45, 7) is 2.08. The maximum Gasteiger partial charge on any atom is 0.256 e. The first kappa shape index (κ1) is 16.4. The van der Waals surface area contributed by atoms with Gasteiger partial charge >= 0.3 is 0 Å². The van der Waals surface area contributed by atoms with E-state index in [1.165, 1.54) is 10.6 Å². The molecule has 1 amide bonds. The molecule has 0 aliphatic rings. The summed E-state index contributed by atoms with van der Waals surface area (Å²) in [5.74, 6) is 0.925. The predicted molar refractivity (Wildman–Crippen MR) is 94.3 cm³/mol. The minimum atomic E-state index is -0.344. The summed E-state index contributed by atoms with van der Waals surface area (Å²) in [6.07, 6.45) is 2.71. The summed E-state index contributed by atoms with van der Waals surface area (Å²) in [7, 11) is 0. The van der Waals surface area contributed by atoms with Crippen molar-refractivity contribution >= 4 is 33.4 Å². The van der Waals surface area contributed by atoms with E-state index in [9.17, 15) is 9.59 Å². The fourth-order valence-electron chi connectivity index (χ4n) is 2.25. The Morgan fingerprint density at radius 3 is 2.79 bits per heavy atom. The van der Waals surface area contributed by atoms with Crippen LogP contribution in [0.5, 0.6) is 0 Å². The van der Waals surface area contributed by atoms with Gasteiger partial charge in [0.2, 0.25) is 5.78 Å². The van der Waals surface area contributed by atoms with Crippen LogP contribution < -0.4 is 10.9 Å². The largest absolute Gasteiger partial charge is 0.306 e. The van der Waals surface area contributed by atoms with Gasteiger partial charge in [0.05, 0.1) is 0 Å². The zero-order valence-corrected chi connectivity index (χ0v) is 14.6. The molecule has 2 aromatic heterocycles. The van der Waals surface area contributed by atoms with E-state index < -0.39 is 0 Å². The molecule has 0 saturated carbocycles. The van der Waals surface area contributed by atoms with Crippen LogP contribution in [-0.2, 0) is 6.42 Å². The molecule has 0 radical (unpaired) electrons. The van der Waals surface area contributed by atoms with E-state index in [1.54, 1.807) is 24.3 Å². The fraction of sp³-hybridized carbons (Fsp3) is 0.250. The molecule has 0 spiro atoms. The van der Waals surface area contributed by atoms with Crippen LogP contribution in [0.2, 0.25) is 0 Å². The molecule has 2 heterocycles. The number of hydrogen-bond donors (Lipinski definition) is 2. The lowest BCUT2D eigenvalue weighted by Gasteiger charge is -2.06. The molecule has 7 nitrogen and oxygen atoms in total. The van der Waals surface area contributed by atoms with Crippen LogP contribution >= 0.6 is 15.9 Å². The summed E-state index contributed by atoms with van der Waals surface area (Å²) < 4.78 is 2.33. The lowest BCUT2D eigenvalue weighted by molar-refractivity contribution is 0.102. The Kier molecular flexibility index (Phi) is 4.75. The van der Waals surface area contributed by atoms with Gasteiger partial charge < -0.3 is 5.32 Å². The van der Waals surface area contributed by atoms with Crippen molar-refractivity contribution in [3.63, 3.8) is 0 Å². The van der Waals surface area contributed by atoms with E-state index in [1.807, 2.05) is 0 Å². The van der Waals surface area contributed by atoms with Crippen LogP contribution in [0.15, 0.2) is 39.6 Å². The molecular weight excluding hydrogens is 374 g/mol. The minimum absolute atomic E-state index is 0.289. The van der Waals surface area contributed by atoms with Gasteiger partial charge in [0, 0.05) is 22.5 Å². The van der Waals surface area contributed by atoms with E-state index in [4.69, 9.17) is 0 Å². The highest BCUT2D eigenvalue weighted by atomic mass is 79.9. The van der Waals surface area contributed by atoms with Crippen LogP contribution in [0.25, 0.3) is 5.78 Å². The number of unbranched alkanes of at least 4 members (excludes halogenated alkanes) is 1. The predicted octanol–water partition coefficient (Wildman–Crippen LogP) is 2.78. The second-order valence-corrected chi connectivity index (χ2v) is 6.26. The highest BCUT2D eigenvalue weighted by Gasteiger charge is 2.12. The lowest BCUT2D eigenvalue weighted by atomic mass is 10.2. The van der Waals surface area contributed by atoms with Crippen molar-refractivity contribution in [2.75, 3.05) is 5.32 Å². The zero-order chi connectivity index (χ0) is 17.1. The normalized spacial score (nSPS) is 10.9. The molecule has 3 rings (SSSR count). The molecule has 2 N–H and O–H groups in total. The molecule has 8 heteroatoms. The SMILES string of the molecule is CCCCc1nc2[nH]c(=O)cc(NC(=O)c3ccc(Br)cc3)n2n1. The van der Waals surface area contributed by atoms with Gasteiger partial charge in [-0.2, -0.15) is 9.50 Å². The van der Waals surface area contributed by atoms with Crippen molar-refractivity contribution in [2.45, 2.75) is 26.2 Å². The van der Waals surface area contributed by atoms with Gasteiger partial charge in [0.25, 0.3) is 11.5 Å². The highest BCUT2D eigenvalue weighted by Crippen LogP contribution is 2.13. The molecule has 0 fully saturated rings. The van der Waals surface area contributed by atoms with Gasteiger partial charge in [-0.25, -0.2) is 0 Å². The maximum atomic E-state index is 12.4.